The normalized spacial score (nSPS) is 14.6. The van der Waals surface area contributed by atoms with Gasteiger partial charge in [0.15, 0.2) is 0 Å². The Morgan fingerprint density at radius 2 is 2.22 bits per heavy atom. The van der Waals surface area contributed by atoms with Crippen LogP contribution in [0, 0.1) is 6.92 Å². The molecule has 0 unspecified atom stereocenters. The lowest BCUT2D eigenvalue weighted by Gasteiger charge is -2.15. The van der Waals surface area contributed by atoms with Crippen LogP contribution in [0.15, 0.2) is 24.3 Å². The van der Waals surface area contributed by atoms with E-state index in [9.17, 15) is 0 Å². The molecule has 3 nitrogen and oxygen atoms in total. The molecular formula is C14H16ClN3. The SMILES string of the molecule is Cc1nn(Cc2ccccc2Cl)c2c1CNCC2. The van der Waals surface area contributed by atoms with E-state index in [1.165, 1.54) is 11.3 Å². The zero-order chi connectivity index (χ0) is 12.5. The van der Waals surface area contributed by atoms with Gasteiger partial charge in [-0.25, -0.2) is 0 Å². The van der Waals surface area contributed by atoms with Crippen molar-refractivity contribution in [2.75, 3.05) is 6.54 Å². The van der Waals surface area contributed by atoms with E-state index in [0.717, 1.165) is 42.3 Å². The highest BCUT2D eigenvalue weighted by Gasteiger charge is 2.18. The van der Waals surface area contributed by atoms with Crippen LogP contribution >= 0.6 is 11.6 Å². The molecule has 0 saturated carbocycles. The summed E-state index contributed by atoms with van der Waals surface area (Å²) in [6, 6.07) is 7.97. The van der Waals surface area contributed by atoms with E-state index in [-0.39, 0.29) is 0 Å². The summed E-state index contributed by atoms with van der Waals surface area (Å²) in [7, 11) is 0. The van der Waals surface area contributed by atoms with Crippen LogP contribution in [0.2, 0.25) is 5.02 Å². The third kappa shape index (κ3) is 2.04. The van der Waals surface area contributed by atoms with Gasteiger partial charge in [-0.3, -0.25) is 4.68 Å². The molecule has 4 heteroatoms. The number of aromatic nitrogens is 2. The van der Waals surface area contributed by atoms with E-state index < -0.39 is 0 Å². The number of hydrogen-bond donors (Lipinski definition) is 1. The van der Waals surface area contributed by atoms with Gasteiger partial charge in [-0.2, -0.15) is 5.10 Å². The molecule has 0 bridgehead atoms. The molecule has 0 amide bonds. The summed E-state index contributed by atoms with van der Waals surface area (Å²) in [4.78, 5) is 0. The topological polar surface area (TPSA) is 29.9 Å². The summed E-state index contributed by atoms with van der Waals surface area (Å²) in [6.45, 7) is 4.80. The Labute approximate surface area is 112 Å². The molecule has 1 N–H and O–H groups in total. The Kier molecular flexibility index (Phi) is 3.10. The van der Waals surface area contributed by atoms with Crippen LogP contribution in [0.1, 0.15) is 22.5 Å². The number of hydrogen-bond acceptors (Lipinski definition) is 2. The third-order valence-corrected chi connectivity index (χ3v) is 3.85. The summed E-state index contributed by atoms with van der Waals surface area (Å²) in [5.74, 6) is 0. The van der Waals surface area contributed by atoms with E-state index >= 15 is 0 Å². The van der Waals surface area contributed by atoms with Crippen molar-refractivity contribution in [2.45, 2.75) is 26.4 Å². The summed E-state index contributed by atoms with van der Waals surface area (Å²) < 4.78 is 2.10. The Morgan fingerprint density at radius 3 is 3.06 bits per heavy atom. The van der Waals surface area contributed by atoms with Crippen molar-refractivity contribution in [3.05, 3.63) is 51.8 Å². The maximum absolute atomic E-state index is 6.21. The fourth-order valence-corrected chi connectivity index (χ4v) is 2.71. The van der Waals surface area contributed by atoms with Crippen LogP contribution in [0.5, 0.6) is 0 Å². The maximum atomic E-state index is 6.21. The lowest BCUT2D eigenvalue weighted by atomic mass is 10.1. The molecule has 1 aliphatic rings. The van der Waals surface area contributed by atoms with Crippen molar-refractivity contribution in [1.29, 1.82) is 0 Å². The van der Waals surface area contributed by atoms with Gasteiger partial charge in [0.1, 0.15) is 0 Å². The minimum atomic E-state index is 0.760. The average Bonchev–Trinajstić information content (AvgIpc) is 2.70. The van der Waals surface area contributed by atoms with Crippen LogP contribution in [0.4, 0.5) is 0 Å². The number of rotatable bonds is 2. The van der Waals surface area contributed by atoms with E-state index in [2.05, 4.69) is 28.1 Å². The van der Waals surface area contributed by atoms with E-state index in [1.807, 2.05) is 18.2 Å². The number of nitrogens with one attached hydrogen (secondary N) is 1. The van der Waals surface area contributed by atoms with Gasteiger partial charge in [-0.05, 0) is 18.6 Å². The molecule has 18 heavy (non-hydrogen) atoms. The first-order valence-corrected chi connectivity index (χ1v) is 6.63. The molecule has 2 aromatic rings. The largest absolute Gasteiger partial charge is 0.312 e. The second-order valence-electron chi connectivity index (χ2n) is 4.69. The zero-order valence-electron chi connectivity index (χ0n) is 10.4. The molecule has 0 radical (unpaired) electrons. The van der Waals surface area contributed by atoms with E-state index in [1.54, 1.807) is 0 Å². The molecule has 0 atom stereocenters. The van der Waals surface area contributed by atoms with Crippen molar-refractivity contribution in [3.63, 3.8) is 0 Å². The Bertz CT molecular complexity index is 574. The average molecular weight is 262 g/mol. The molecular weight excluding hydrogens is 246 g/mol. The van der Waals surface area contributed by atoms with Crippen LogP contribution in [-0.2, 0) is 19.5 Å². The third-order valence-electron chi connectivity index (χ3n) is 3.49. The second kappa shape index (κ2) is 4.75. The second-order valence-corrected chi connectivity index (χ2v) is 5.09. The lowest BCUT2D eigenvalue weighted by molar-refractivity contribution is 0.582. The van der Waals surface area contributed by atoms with Crippen LogP contribution in [-0.4, -0.2) is 16.3 Å². The summed E-state index contributed by atoms with van der Waals surface area (Å²) in [5, 5.41) is 8.85. The van der Waals surface area contributed by atoms with Gasteiger partial charge in [0.25, 0.3) is 0 Å². The molecule has 0 aliphatic carbocycles. The number of nitrogens with zero attached hydrogens (tertiary/aromatic N) is 2. The van der Waals surface area contributed by atoms with E-state index in [4.69, 9.17) is 11.6 Å². The fourth-order valence-electron chi connectivity index (χ4n) is 2.52. The van der Waals surface area contributed by atoms with Gasteiger partial charge in [0, 0.05) is 35.8 Å². The molecule has 0 fully saturated rings. The van der Waals surface area contributed by atoms with Crippen molar-refractivity contribution in [1.82, 2.24) is 15.1 Å². The molecule has 1 aromatic heterocycles. The molecule has 0 saturated heterocycles. The van der Waals surface area contributed by atoms with Gasteiger partial charge in [0.2, 0.25) is 0 Å². The first kappa shape index (κ1) is 11.8. The molecule has 1 aliphatic heterocycles. The first-order valence-electron chi connectivity index (χ1n) is 6.25. The lowest BCUT2D eigenvalue weighted by Crippen LogP contribution is -2.25. The monoisotopic (exact) mass is 261 g/mol. The highest BCUT2D eigenvalue weighted by Crippen LogP contribution is 2.21. The molecule has 3 rings (SSSR count). The van der Waals surface area contributed by atoms with Crippen molar-refractivity contribution in [3.8, 4) is 0 Å². The highest BCUT2D eigenvalue weighted by molar-refractivity contribution is 6.31. The first-order chi connectivity index (χ1) is 8.75. The van der Waals surface area contributed by atoms with Gasteiger partial charge in [-0.1, -0.05) is 29.8 Å². The van der Waals surface area contributed by atoms with Crippen molar-refractivity contribution < 1.29 is 0 Å². The van der Waals surface area contributed by atoms with Crippen molar-refractivity contribution in [2.24, 2.45) is 0 Å². The van der Waals surface area contributed by atoms with E-state index in [0.29, 0.717) is 0 Å². The van der Waals surface area contributed by atoms with Crippen molar-refractivity contribution >= 4 is 11.6 Å². The summed E-state index contributed by atoms with van der Waals surface area (Å²) in [5.41, 5.74) is 4.96. The van der Waals surface area contributed by atoms with Crippen LogP contribution < -0.4 is 5.32 Å². The zero-order valence-corrected chi connectivity index (χ0v) is 11.2. The van der Waals surface area contributed by atoms with Crippen LogP contribution in [0.3, 0.4) is 0 Å². The Balaban J connectivity index is 1.96. The quantitative estimate of drug-likeness (QED) is 0.900. The Morgan fingerprint density at radius 1 is 1.39 bits per heavy atom. The van der Waals surface area contributed by atoms with Gasteiger partial charge in [-0.15, -0.1) is 0 Å². The predicted molar refractivity (Wildman–Crippen MR) is 72.9 cm³/mol. The maximum Gasteiger partial charge on any atom is 0.0677 e. The van der Waals surface area contributed by atoms with Gasteiger partial charge >= 0.3 is 0 Å². The van der Waals surface area contributed by atoms with Gasteiger partial charge in [0.05, 0.1) is 12.2 Å². The minimum Gasteiger partial charge on any atom is -0.312 e. The molecule has 1 aromatic carbocycles. The summed E-state index contributed by atoms with van der Waals surface area (Å²) in [6.07, 6.45) is 1.04. The predicted octanol–water partition coefficient (Wildman–Crippen LogP) is 2.54. The number of benzene rings is 1. The molecule has 2 heterocycles. The van der Waals surface area contributed by atoms with Crippen LogP contribution in [0.25, 0.3) is 0 Å². The highest BCUT2D eigenvalue weighted by atomic mass is 35.5. The number of halogens is 1. The van der Waals surface area contributed by atoms with Gasteiger partial charge < -0.3 is 5.32 Å². The number of aryl methyl sites for hydroxylation is 1. The number of fused-ring (bicyclic) bond motifs is 1. The molecule has 94 valence electrons. The molecule has 0 spiro atoms. The summed E-state index contributed by atoms with van der Waals surface area (Å²) >= 11 is 6.21. The fraction of sp³-hybridized carbons (Fsp3) is 0.357. The smallest absolute Gasteiger partial charge is 0.0677 e. The Hall–Kier alpha value is -1.32. The standard InChI is InChI=1S/C14H16ClN3/c1-10-12-8-16-7-6-14(12)18(17-10)9-11-4-2-3-5-13(11)15/h2-5,16H,6-9H2,1H3. The minimum absolute atomic E-state index is 0.760.